The molecule has 0 radical (unpaired) electrons. The third kappa shape index (κ3) is 6.58. The number of anilines is 1. The number of benzene rings is 3. The number of hydrogen-bond acceptors (Lipinski definition) is 5. The van der Waals surface area contributed by atoms with Crippen LogP contribution >= 0.6 is 11.6 Å². The molecule has 2 N–H and O–H groups in total. The van der Waals surface area contributed by atoms with Crippen LogP contribution in [0.25, 0.3) is 0 Å². The van der Waals surface area contributed by atoms with Crippen LogP contribution in [0.1, 0.15) is 15.9 Å². The number of rotatable bonds is 8. The zero-order valence-electron chi connectivity index (χ0n) is 16.7. The van der Waals surface area contributed by atoms with Crippen LogP contribution in [-0.2, 0) is 4.79 Å². The first kappa shape index (κ1) is 21.9. The van der Waals surface area contributed by atoms with Gasteiger partial charge >= 0.3 is 0 Å². The van der Waals surface area contributed by atoms with Gasteiger partial charge in [-0.1, -0.05) is 35.9 Å². The van der Waals surface area contributed by atoms with Crippen molar-refractivity contribution in [1.29, 1.82) is 0 Å². The molecule has 2 amide bonds. The van der Waals surface area contributed by atoms with Gasteiger partial charge in [-0.05, 0) is 54.1 Å². The number of nitrogens with one attached hydrogen (secondary N) is 2. The second-order valence-electron chi connectivity index (χ2n) is 6.32. The Hall–Kier alpha value is -3.84. The van der Waals surface area contributed by atoms with E-state index in [9.17, 15) is 9.59 Å². The van der Waals surface area contributed by atoms with Crippen molar-refractivity contribution in [3.63, 3.8) is 0 Å². The summed E-state index contributed by atoms with van der Waals surface area (Å²) in [6.07, 6.45) is 1.47. The number of carbonyl (C=O) groups is 2. The van der Waals surface area contributed by atoms with Crippen molar-refractivity contribution in [3.05, 3.63) is 88.9 Å². The van der Waals surface area contributed by atoms with Crippen LogP contribution in [0.5, 0.6) is 11.5 Å². The molecule has 0 aliphatic heterocycles. The minimum absolute atomic E-state index is 0.183. The van der Waals surface area contributed by atoms with Gasteiger partial charge in [-0.15, -0.1) is 0 Å². The molecule has 31 heavy (non-hydrogen) atoms. The lowest BCUT2D eigenvalue weighted by Crippen LogP contribution is -2.24. The van der Waals surface area contributed by atoms with Crippen LogP contribution in [0.2, 0.25) is 5.02 Å². The lowest BCUT2D eigenvalue weighted by atomic mass is 10.2. The van der Waals surface area contributed by atoms with Crippen molar-refractivity contribution in [2.24, 2.45) is 5.10 Å². The number of amides is 2. The third-order valence-corrected chi connectivity index (χ3v) is 4.42. The molecule has 0 heterocycles. The van der Waals surface area contributed by atoms with E-state index in [4.69, 9.17) is 21.1 Å². The first-order valence-electron chi connectivity index (χ1n) is 9.30. The van der Waals surface area contributed by atoms with Crippen LogP contribution in [0, 0.1) is 0 Å². The Balaban J connectivity index is 1.51. The van der Waals surface area contributed by atoms with Crippen LogP contribution < -0.4 is 20.2 Å². The molecule has 0 aliphatic carbocycles. The summed E-state index contributed by atoms with van der Waals surface area (Å²) in [5, 5.41) is 7.07. The second kappa shape index (κ2) is 10.8. The van der Waals surface area contributed by atoms with Gasteiger partial charge in [0.15, 0.2) is 6.61 Å². The topological polar surface area (TPSA) is 89.0 Å². The van der Waals surface area contributed by atoms with E-state index in [1.165, 1.54) is 6.21 Å². The van der Waals surface area contributed by atoms with Gasteiger partial charge < -0.3 is 14.8 Å². The standard InChI is InChI=1S/C23H20ClN3O4/c1-30-18-9-11-19(12-10-18)31-15-22(28)27-25-14-16-5-4-6-17(13-16)26-23(29)20-7-2-3-8-21(20)24/h2-14H,15H2,1H3,(H,26,29)(H,27,28)/b25-14+. The fourth-order valence-corrected chi connectivity index (χ4v) is 2.79. The van der Waals surface area contributed by atoms with E-state index in [-0.39, 0.29) is 12.5 Å². The fourth-order valence-electron chi connectivity index (χ4n) is 2.57. The SMILES string of the molecule is COc1ccc(OCC(=O)N/N=C/c2cccc(NC(=O)c3ccccc3Cl)c2)cc1. The summed E-state index contributed by atoms with van der Waals surface area (Å²) in [5.41, 5.74) is 4.04. The highest BCUT2D eigenvalue weighted by Gasteiger charge is 2.09. The molecule has 0 aliphatic rings. The molecule has 0 saturated heterocycles. The van der Waals surface area contributed by atoms with E-state index in [2.05, 4.69) is 15.8 Å². The van der Waals surface area contributed by atoms with Crippen LogP contribution in [0.15, 0.2) is 77.9 Å². The van der Waals surface area contributed by atoms with Gasteiger partial charge in [0.05, 0.1) is 23.9 Å². The average molecular weight is 438 g/mol. The van der Waals surface area contributed by atoms with E-state index in [1.807, 2.05) is 0 Å². The van der Waals surface area contributed by atoms with Crippen molar-refractivity contribution in [2.75, 3.05) is 19.0 Å². The maximum absolute atomic E-state index is 12.4. The normalized spacial score (nSPS) is 10.5. The number of hydrogen-bond donors (Lipinski definition) is 2. The Morgan fingerprint density at radius 3 is 2.48 bits per heavy atom. The highest BCUT2D eigenvalue weighted by atomic mass is 35.5. The molecule has 0 saturated carbocycles. The number of carbonyl (C=O) groups excluding carboxylic acids is 2. The summed E-state index contributed by atoms with van der Waals surface area (Å²) >= 11 is 6.06. The zero-order chi connectivity index (χ0) is 22.1. The summed E-state index contributed by atoms with van der Waals surface area (Å²) < 4.78 is 10.4. The molecule has 158 valence electrons. The van der Waals surface area contributed by atoms with Gasteiger partial charge in [-0.3, -0.25) is 9.59 Å². The molecule has 0 fully saturated rings. The molecule has 3 aromatic rings. The number of nitrogens with zero attached hydrogens (tertiary/aromatic N) is 1. The van der Waals surface area contributed by atoms with Gasteiger partial charge in [0.2, 0.25) is 0 Å². The summed E-state index contributed by atoms with van der Waals surface area (Å²) in [5.74, 6) is 0.521. The summed E-state index contributed by atoms with van der Waals surface area (Å²) in [4.78, 5) is 24.3. The summed E-state index contributed by atoms with van der Waals surface area (Å²) in [6, 6.07) is 20.7. The molecule has 0 spiro atoms. The first-order valence-corrected chi connectivity index (χ1v) is 9.67. The molecule has 0 atom stereocenters. The molecule has 0 unspecified atom stereocenters. The fraction of sp³-hybridized carbons (Fsp3) is 0.0870. The maximum Gasteiger partial charge on any atom is 0.277 e. The number of ether oxygens (including phenoxy) is 2. The van der Waals surface area contributed by atoms with Crippen molar-refractivity contribution in [3.8, 4) is 11.5 Å². The molecule has 0 bridgehead atoms. The van der Waals surface area contributed by atoms with Crippen molar-refractivity contribution in [1.82, 2.24) is 5.43 Å². The number of hydrazone groups is 1. The highest BCUT2D eigenvalue weighted by Crippen LogP contribution is 2.18. The van der Waals surface area contributed by atoms with Crippen molar-refractivity contribution >= 4 is 35.3 Å². The summed E-state index contributed by atoms with van der Waals surface area (Å²) in [7, 11) is 1.57. The first-order chi connectivity index (χ1) is 15.0. The number of halogens is 1. The maximum atomic E-state index is 12.4. The van der Waals surface area contributed by atoms with E-state index in [0.717, 1.165) is 0 Å². The Bertz CT molecular complexity index is 1080. The van der Waals surface area contributed by atoms with Gasteiger partial charge in [0.1, 0.15) is 11.5 Å². The Morgan fingerprint density at radius 1 is 1.00 bits per heavy atom. The zero-order valence-corrected chi connectivity index (χ0v) is 17.4. The smallest absolute Gasteiger partial charge is 0.277 e. The van der Waals surface area contributed by atoms with E-state index in [1.54, 1.807) is 79.9 Å². The monoisotopic (exact) mass is 437 g/mol. The third-order valence-electron chi connectivity index (χ3n) is 4.10. The van der Waals surface area contributed by atoms with Crippen molar-refractivity contribution < 1.29 is 19.1 Å². The average Bonchev–Trinajstić information content (AvgIpc) is 2.78. The Kier molecular flexibility index (Phi) is 7.61. The molecule has 0 aromatic heterocycles. The second-order valence-corrected chi connectivity index (χ2v) is 6.72. The lowest BCUT2D eigenvalue weighted by molar-refractivity contribution is -0.123. The highest BCUT2D eigenvalue weighted by molar-refractivity contribution is 6.34. The minimum atomic E-state index is -0.407. The number of methoxy groups -OCH3 is 1. The summed E-state index contributed by atoms with van der Waals surface area (Å²) in [6.45, 7) is -0.183. The predicted octanol–water partition coefficient (Wildman–Crippen LogP) is 4.13. The van der Waals surface area contributed by atoms with Crippen LogP contribution in [0.4, 0.5) is 5.69 Å². The van der Waals surface area contributed by atoms with E-state index in [0.29, 0.717) is 33.3 Å². The molecule has 3 aromatic carbocycles. The molecular weight excluding hydrogens is 418 g/mol. The molecule has 8 heteroatoms. The largest absolute Gasteiger partial charge is 0.497 e. The minimum Gasteiger partial charge on any atom is -0.497 e. The van der Waals surface area contributed by atoms with Crippen LogP contribution in [-0.4, -0.2) is 31.7 Å². The molecule has 3 rings (SSSR count). The quantitative estimate of drug-likeness (QED) is 0.409. The van der Waals surface area contributed by atoms with Gasteiger partial charge in [0, 0.05) is 5.69 Å². The van der Waals surface area contributed by atoms with E-state index < -0.39 is 5.91 Å². The molecule has 7 nitrogen and oxygen atoms in total. The Morgan fingerprint density at radius 2 is 1.74 bits per heavy atom. The predicted molar refractivity (Wildman–Crippen MR) is 120 cm³/mol. The molecular formula is C23H20ClN3O4. The van der Waals surface area contributed by atoms with Crippen LogP contribution in [0.3, 0.4) is 0 Å². The van der Waals surface area contributed by atoms with Crippen molar-refractivity contribution in [2.45, 2.75) is 0 Å². The van der Waals surface area contributed by atoms with Gasteiger partial charge in [-0.25, -0.2) is 5.43 Å². The Labute approximate surface area is 184 Å². The van der Waals surface area contributed by atoms with E-state index >= 15 is 0 Å². The lowest BCUT2D eigenvalue weighted by Gasteiger charge is -2.07. The van der Waals surface area contributed by atoms with Gasteiger partial charge in [-0.2, -0.15) is 5.10 Å². The van der Waals surface area contributed by atoms with Gasteiger partial charge in [0.25, 0.3) is 11.8 Å².